The van der Waals surface area contributed by atoms with Crippen LogP contribution in [0, 0.1) is 0 Å². The highest BCUT2D eigenvalue weighted by Crippen LogP contribution is 1.91. The molecule has 0 aliphatic rings. The molecule has 0 fully saturated rings. The van der Waals surface area contributed by atoms with Crippen molar-refractivity contribution in [2.24, 2.45) is 0 Å². The van der Waals surface area contributed by atoms with Gasteiger partial charge in [0, 0.05) is 0 Å². The second-order valence-electron chi connectivity index (χ2n) is 0.651. The zero-order chi connectivity index (χ0) is 4.99. The molecule has 0 saturated carbocycles. The van der Waals surface area contributed by atoms with Crippen LogP contribution in [0.15, 0.2) is 10.9 Å². The molecule has 1 N–H and O–H groups in total. The molecule has 0 heterocycles. The van der Waals surface area contributed by atoms with E-state index in [0.717, 1.165) is 0 Å². The summed E-state index contributed by atoms with van der Waals surface area (Å²) in [6.07, 6.45) is 0. The summed E-state index contributed by atoms with van der Waals surface area (Å²) >= 11 is 2.84. The fourth-order valence-corrected chi connectivity index (χ4v) is 0.231. The van der Waals surface area contributed by atoms with Crippen LogP contribution in [0.2, 0.25) is 0 Å². The number of rotatable bonds is 1. The maximum absolute atomic E-state index is 8.26. The molecule has 0 saturated heterocycles. The molecule has 3 heteroatoms. The lowest BCUT2D eigenvalue weighted by Crippen LogP contribution is -1.77. The summed E-state index contributed by atoms with van der Waals surface area (Å²) in [4.78, 5) is 1.28. The molecule has 0 spiro atoms. The van der Waals surface area contributed by atoms with Gasteiger partial charge in [0.1, 0.15) is 0 Å². The summed E-state index contributed by atoms with van der Waals surface area (Å²) in [6, 6.07) is 0. The smallest absolute Gasteiger partial charge is 0.283 e. The van der Waals surface area contributed by atoms with E-state index in [9.17, 15) is 0 Å². The van der Waals surface area contributed by atoms with Gasteiger partial charge < -0.3 is 9.84 Å². The van der Waals surface area contributed by atoms with Crippen molar-refractivity contribution in [1.82, 2.24) is 0 Å². The van der Waals surface area contributed by atoms with Crippen molar-refractivity contribution in [1.29, 1.82) is 0 Å². The van der Waals surface area contributed by atoms with Crippen molar-refractivity contribution in [2.45, 2.75) is 0 Å². The summed E-state index contributed by atoms with van der Waals surface area (Å²) < 4.78 is 4.27. The van der Waals surface area contributed by atoms with E-state index < -0.39 is 0 Å². The van der Waals surface area contributed by atoms with E-state index in [2.05, 4.69) is 20.7 Å². The number of methoxy groups -OCH3 is 1. The van der Waals surface area contributed by atoms with E-state index in [4.69, 9.17) is 5.11 Å². The van der Waals surface area contributed by atoms with Gasteiger partial charge in [-0.15, -0.1) is 0 Å². The highest BCUT2D eigenvalue weighted by Gasteiger charge is 1.77. The van der Waals surface area contributed by atoms with Crippen molar-refractivity contribution >= 4 is 15.9 Å². The average molecular weight is 153 g/mol. The van der Waals surface area contributed by atoms with Gasteiger partial charge in [0.2, 0.25) is 0 Å². The molecule has 0 amide bonds. The fraction of sp³-hybridized carbons (Fsp3) is 0.333. The number of halogens is 1. The van der Waals surface area contributed by atoms with E-state index >= 15 is 0 Å². The highest BCUT2D eigenvalue weighted by molar-refractivity contribution is 9.11. The van der Waals surface area contributed by atoms with Crippen molar-refractivity contribution in [3.63, 3.8) is 0 Å². The molecule has 0 aliphatic heterocycles. The van der Waals surface area contributed by atoms with Gasteiger partial charge in [-0.3, -0.25) is 0 Å². The van der Waals surface area contributed by atoms with Crippen molar-refractivity contribution in [2.75, 3.05) is 7.11 Å². The molecule has 0 unspecified atom stereocenters. The number of hydrogen-bond acceptors (Lipinski definition) is 2. The van der Waals surface area contributed by atoms with Crippen molar-refractivity contribution in [3.8, 4) is 0 Å². The first-order chi connectivity index (χ1) is 2.81. The molecule has 0 bridgehead atoms. The average Bonchev–Trinajstić information content (AvgIpc) is 1.65. The topological polar surface area (TPSA) is 29.5 Å². The Morgan fingerprint density at radius 2 is 2.50 bits per heavy atom. The number of aliphatic hydroxyl groups is 1. The van der Waals surface area contributed by atoms with Crippen LogP contribution >= 0.6 is 15.9 Å². The Morgan fingerprint density at radius 1 is 2.00 bits per heavy atom. The first-order valence-electron chi connectivity index (χ1n) is 1.34. The number of ether oxygens (including phenoxy) is 1. The van der Waals surface area contributed by atoms with Gasteiger partial charge in [-0.2, -0.15) is 0 Å². The summed E-state index contributed by atoms with van der Waals surface area (Å²) in [7, 11) is 1.38. The van der Waals surface area contributed by atoms with E-state index in [1.54, 1.807) is 0 Å². The summed E-state index contributed by atoms with van der Waals surface area (Å²) in [5, 5.41) is 8.26. The van der Waals surface area contributed by atoms with Gasteiger partial charge in [-0.1, -0.05) is 15.9 Å². The van der Waals surface area contributed by atoms with Gasteiger partial charge >= 0.3 is 0 Å². The van der Waals surface area contributed by atoms with E-state index in [1.807, 2.05) is 0 Å². The van der Waals surface area contributed by atoms with Gasteiger partial charge in [0.15, 0.2) is 0 Å². The first kappa shape index (κ1) is 5.82. The van der Waals surface area contributed by atoms with Crippen LogP contribution in [0.1, 0.15) is 0 Å². The standard InChI is InChI=1S/C3H5BrO2/c1-6-3(5)2-4/h2,5H,1H3/b3-2+. The molecule has 0 aromatic rings. The van der Waals surface area contributed by atoms with Crippen LogP contribution in [0.4, 0.5) is 0 Å². The normalized spacial score (nSPS) is 11.3. The molecule has 6 heavy (non-hydrogen) atoms. The SMILES string of the molecule is CO/C(O)=C/Br. The fourth-order valence-electron chi connectivity index (χ4n) is 0.0445. The summed E-state index contributed by atoms with van der Waals surface area (Å²) in [6.45, 7) is 0. The van der Waals surface area contributed by atoms with E-state index in [0.29, 0.717) is 0 Å². The third-order valence-corrected chi connectivity index (χ3v) is 0.694. The zero-order valence-electron chi connectivity index (χ0n) is 3.31. The first-order valence-corrected chi connectivity index (χ1v) is 2.26. The van der Waals surface area contributed by atoms with E-state index in [1.165, 1.54) is 12.1 Å². The van der Waals surface area contributed by atoms with Crippen molar-refractivity contribution < 1.29 is 9.84 Å². The predicted molar refractivity (Wildman–Crippen MR) is 26.6 cm³/mol. The van der Waals surface area contributed by atoms with Crippen LogP contribution in [-0.2, 0) is 4.74 Å². The van der Waals surface area contributed by atoms with E-state index in [-0.39, 0.29) is 5.95 Å². The Balaban J connectivity index is 3.22. The third-order valence-electron chi connectivity index (χ3n) is 0.302. The Kier molecular flexibility index (Phi) is 2.94. The second-order valence-corrected chi connectivity index (χ2v) is 1.11. The monoisotopic (exact) mass is 152 g/mol. The zero-order valence-corrected chi connectivity index (χ0v) is 4.90. The van der Waals surface area contributed by atoms with Crippen LogP contribution < -0.4 is 0 Å². The minimum Gasteiger partial charge on any atom is -0.481 e. The lowest BCUT2D eigenvalue weighted by molar-refractivity contribution is 0.138. The molecule has 0 rings (SSSR count). The van der Waals surface area contributed by atoms with Gasteiger partial charge in [-0.25, -0.2) is 0 Å². The van der Waals surface area contributed by atoms with Crippen LogP contribution in [0.3, 0.4) is 0 Å². The molecule has 0 aliphatic carbocycles. The summed E-state index contributed by atoms with van der Waals surface area (Å²) in [5.41, 5.74) is 0. The minimum absolute atomic E-state index is 0.116. The molecule has 0 aromatic heterocycles. The van der Waals surface area contributed by atoms with Crippen LogP contribution in [-0.4, -0.2) is 12.2 Å². The Hall–Kier alpha value is -0.180. The lowest BCUT2D eigenvalue weighted by atomic mass is 11.0. The number of hydrogen-bond donors (Lipinski definition) is 1. The minimum atomic E-state index is -0.116. The molecule has 0 radical (unpaired) electrons. The Labute approximate surface area is 44.6 Å². The molecule has 0 atom stereocenters. The number of aliphatic hydroxyl groups excluding tert-OH is 1. The molecule has 0 aromatic carbocycles. The maximum Gasteiger partial charge on any atom is 0.283 e. The Bertz CT molecular complexity index is 59.8. The highest BCUT2D eigenvalue weighted by atomic mass is 79.9. The maximum atomic E-state index is 8.26. The third kappa shape index (κ3) is 2.08. The Morgan fingerprint density at radius 3 is 2.50 bits per heavy atom. The lowest BCUT2D eigenvalue weighted by Gasteiger charge is -1.88. The van der Waals surface area contributed by atoms with Crippen LogP contribution in [0.25, 0.3) is 0 Å². The summed E-state index contributed by atoms with van der Waals surface area (Å²) in [5.74, 6) is -0.116. The van der Waals surface area contributed by atoms with Gasteiger partial charge in [0.25, 0.3) is 5.95 Å². The largest absolute Gasteiger partial charge is 0.481 e. The molecule has 36 valence electrons. The second kappa shape index (κ2) is 3.03. The van der Waals surface area contributed by atoms with Crippen LogP contribution in [0.5, 0.6) is 0 Å². The molecular formula is C3H5BrO2. The quantitative estimate of drug-likeness (QED) is 0.576. The predicted octanol–water partition coefficient (Wildman–Crippen LogP) is 1.38. The van der Waals surface area contributed by atoms with Gasteiger partial charge in [-0.05, 0) is 0 Å². The van der Waals surface area contributed by atoms with Gasteiger partial charge in [0.05, 0.1) is 12.1 Å². The van der Waals surface area contributed by atoms with Crippen molar-refractivity contribution in [3.05, 3.63) is 10.9 Å². The molecular weight excluding hydrogens is 148 g/mol. The molecule has 2 nitrogen and oxygen atoms in total.